The molecule has 0 N–H and O–H groups in total. The number of nitrogens with zero attached hydrogens (tertiary/aromatic N) is 1. The molecule has 1 saturated carbocycles. The fourth-order valence-electron chi connectivity index (χ4n) is 1.75. The standard InChI is InChI=1S/C12H12Cl3NO/c13-6-7-16(8-4-5-8)12(17)9-2-1-3-10(14)11(9)15/h1-3,8H,4-7H2. The van der Waals surface area contributed by atoms with Crippen LogP contribution in [0.15, 0.2) is 18.2 Å². The van der Waals surface area contributed by atoms with Gasteiger partial charge < -0.3 is 4.90 Å². The number of carbonyl (C=O) groups excluding carboxylic acids is 1. The van der Waals surface area contributed by atoms with Crippen LogP contribution in [0.25, 0.3) is 0 Å². The molecule has 0 atom stereocenters. The van der Waals surface area contributed by atoms with E-state index in [2.05, 4.69) is 0 Å². The molecule has 2 nitrogen and oxygen atoms in total. The van der Waals surface area contributed by atoms with E-state index in [9.17, 15) is 4.79 Å². The lowest BCUT2D eigenvalue weighted by Crippen LogP contribution is -2.34. The minimum Gasteiger partial charge on any atom is -0.334 e. The van der Waals surface area contributed by atoms with Gasteiger partial charge in [0, 0.05) is 18.5 Å². The molecule has 0 radical (unpaired) electrons. The van der Waals surface area contributed by atoms with Crippen molar-refractivity contribution in [3.63, 3.8) is 0 Å². The van der Waals surface area contributed by atoms with E-state index in [0.29, 0.717) is 34.1 Å². The van der Waals surface area contributed by atoms with Gasteiger partial charge in [0.05, 0.1) is 15.6 Å². The Kier molecular flexibility index (Phi) is 4.18. The summed E-state index contributed by atoms with van der Waals surface area (Å²) in [4.78, 5) is 14.1. The third-order valence-corrected chi connectivity index (χ3v) is 3.74. The van der Waals surface area contributed by atoms with E-state index in [1.54, 1.807) is 23.1 Å². The minimum atomic E-state index is -0.0827. The van der Waals surface area contributed by atoms with Crippen LogP contribution in [0.5, 0.6) is 0 Å². The van der Waals surface area contributed by atoms with Crippen molar-refractivity contribution < 1.29 is 4.79 Å². The lowest BCUT2D eigenvalue weighted by molar-refractivity contribution is 0.0754. The number of rotatable bonds is 4. The number of carbonyl (C=O) groups is 1. The van der Waals surface area contributed by atoms with Crippen LogP contribution in [0, 0.1) is 0 Å². The predicted molar refractivity (Wildman–Crippen MR) is 71.2 cm³/mol. The summed E-state index contributed by atoms with van der Waals surface area (Å²) in [5.74, 6) is 0.348. The van der Waals surface area contributed by atoms with Gasteiger partial charge >= 0.3 is 0 Å². The van der Waals surface area contributed by atoms with Gasteiger partial charge in [0.15, 0.2) is 0 Å². The number of hydrogen-bond acceptors (Lipinski definition) is 1. The van der Waals surface area contributed by atoms with Gasteiger partial charge in [-0.15, -0.1) is 11.6 Å². The number of amides is 1. The number of benzene rings is 1. The molecule has 1 aliphatic carbocycles. The summed E-state index contributed by atoms with van der Waals surface area (Å²) in [6.07, 6.45) is 2.08. The first-order chi connectivity index (χ1) is 8.15. The van der Waals surface area contributed by atoms with E-state index in [1.165, 1.54) is 0 Å². The first-order valence-corrected chi connectivity index (χ1v) is 6.75. The molecule has 0 saturated heterocycles. The van der Waals surface area contributed by atoms with Crippen LogP contribution < -0.4 is 0 Å². The van der Waals surface area contributed by atoms with Crippen molar-refractivity contribution in [1.29, 1.82) is 0 Å². The summed E-state index contributed by atoms with van der Waals surface area (Å²) in [5.41, 5.74) is 0.455. The predicted octanol–water partition coefficient (Wildman–Crippen LogP) is 3.84. The maximum absolute atomic E-state index is 12.3. The van der Waals surface area contributed by atoms with Crippen molar-refractivity contribution >= 4 is 40.7 Å². The highest BCUT2D eigenvalue weighted by atomic mass is 35.5. The van der Waals surface area contributed by atoms with Gasteiger partial charge in [-0.05, 0) is 25.0 Å². The molecule has 2 rings (SSSR count). The molecular weight excluding hydrogens is 280 g/mol. The van der Waals surface area contributed by atoms with Crippen LogP contribution in [0.3, 0.4) is 0 Å². The minimum absolute atomic E-state index is 0.0827. The van der Waals surface area contributed by atoms with Gasteiger partial charge in [-0.25, -0.2) is 0 Å². The highest BCUT2D eigenvalue weighted by molar-refractivity contribution is 6.43. The molecule has 1 aliphatic rings. The summed E-state index contributed by atoms with van der Waals surface area (Å²) in [6.45, 7) is 0.550. The molecule has 1 aromatic carbocycles. The van der Waals surface area contributed by atoms with Gasteiger partial charge in [0.2, 0.25) is 0 Å². The largest absolute Gasteiger partial charge is 0.334 e. The molecule has 1 aromatic rings. The van der Waals surface area contributed by atoms with Crippen LogP contribution in [-0.2, 0) is 0 Å². The number of alkyl halides is 1. The van der Waals surface area contributed by atoms with E-state index >= 15 is 0 Å². The Balaban J connectivity index is 2.25. The van der Waals surface area contributed by atoms with Crippen molar-refractivity contribution in [2.45, 2.75) is 18.9 Å². The van der Waals surface area contributed by atoms with Crippen LogP contribution in [0.2, 0.25) is 10.0 Å². The summed E-state index contributed by atoms with van der Waals surface area (Å²) < 4.78 is 0. The molecule has 5 heteroatoms. The summed E-state index contributed by atoms with van der Waals surface area (Å²) in [6, 6.07) is 5.41. The Morgan fingerprint density at radius 3 is 2.65 bits per heavy atom. The van der Waals surface area contributed by atoms with Crippen LogP contribution in [0.4, 0.5) is 0 Å². The first-order valence-electron chi connectivity index (χ1n) is 5.46. The summed E-state index contributed by atoms with van der Waals surface area (Å²) in [5, 5.41) is 0.721. The summed E-state index contributed by atoms with van der Waals surface area (Å²) in [7, 11) is 0. The fourth-order valence-corrected chi connectivity index (χ4v) is 2.31. The Bertz CT molecular complexity index is 432. The van der Waals surface area contributed by atoms with Crippen LogP contribution in [-0.4, -0.2) is 29.3 Å². The Morgan fingerprint density at radius 1 is 1.35 bits per heavy atom. The van der Waals surface area contributed by atoms with Gasteiger partial charge in [-0.1, -0.05) is 29.3 Å². The zero-order valence-corrected chi connectivity index (χ0v) is 11.4. The van der Waals surface area contributed by atoms with E-state index in [-0.39, 0.29) is 5.91 Å². The van der Waals surface area contributed by atoms with Gasteiger partial charge in [0.1, 0.15) is 0 Å². The van der Waals surface area contributed by atoms with E-state index in [4.69, 9.17) is 34.8 Å². The topological polar surface area (TPSA) is 20.3 Å². The normalized spacial score (nSPS) is 14.8. The molecule has 0 spiro atoms. The third kappa shape index (κ3) is 2.87. The molecule has 0 aromatic heterocycles. The average molecular weight is 293 g/mol. The van der Waals surface area contributed by atoms with Gasteiger partial charge in [0.25, 0.3) is 5.91 Å². The van der Waals surface area contributed by atoms with Crippen molar-refractivity contribution in [3.05, 3.63) is 33.8 Å². The van der Waals surface area contributed by atoms with Crippen molar-refractivity contribution in [1.82, 2.24) is 4.90 Å². The molecule has 1 fully saturated rings. The Morgan fingerprint density at radius 2 is 2.06 bits per heavy atom. The lowest BCUT2D eigenvalue weighted by atomic mass is 10.2. The van der Waals surface area contributed by atoms with Crippen LogP contribution >= 0.6 is 34.8 Å². The van der Waals surface area contributed by atoms with E-state index in [1.807, 2.05) is 0 Å². The highest BCUT2D eigenvalue weighted by Crippen LogP contribution is 2.31. The maximum Gasteiger partial charge on any atom is 0.255 e. The highest BCUT2D eigenvalue weighted by Gasteiger charge is 2.33. The monoisotopic (exact) mass is 291 g/mol. The van der Waals surface area contributed by atoms with Gasteiger partial charge in [-0.2, -0.15) is 0 Å². The zero-order chi connectivity index (χ0) is 12.4. The third-order valence-electron chi connectivity index (χ3n) is 2.76. The van der Waals surface area contributed by atoms with E-state index in [0.717, 1.165) is 12.8 Å². The maximum atomic E-state index is 12.3. The molecule has 1 amide bonds. The molecule has 0 aliphatic heterocycles. The van der Waals surface area contributed by atoms with Gasteiger partial charge in [-0.3, -0.25) is 4.79 Å². The number of halogens is 3. The fraction of sp³-hybridized carbons (Fsp3) is 0.417. The quantitative estimate of drug-likeness (QED) is 0.772. The molecule has 0 heterocycles. The second-order valence-electron chi connectivity index (χ2n) is 4.02. The molecular formula is C12H12Cl3NO. The van der Waals surface area contributed by atoms with Crippen molar-refractivity contribution in [2.75, 3.05) is 12.4 Å². The smallest absolute Gasteiger partial charge is 0.255 e. The molecule has 0 unspecified atom stereocenters. The van der Waals surface area contributed by atoms with Crippen molar-refractivity contribution in [2.24, 2.45) is 0 Å². The molecule has 92 valence electrons. The summed E-state index contributed by atoms with van der Waals surface area (Å²) >= 11 is 17.7. The van der Waals surface area contributed by atoms with Crippen molar-refractivity contribution in [3.8, 4) is 0 Å². The Labute approximate surface area is 115 Å². The second-order valence-corrected chi connectivity index (χ2v) is 5.18. The molecule has 17 heavy (non-hydrogen) atoms. The lowest BCUT2D eigenvalue weighted by Gasteiger charge is -2.22. The average Bonchev–Trinajstić information content (AvgIpc) is 3.13. The molecule has 0 bridgehead atoms. The SMILES string of the molecule is O=C(c1cccc(Cl)c1Cl)N(CCCl)C1CC1. The van der Waals surface area contributed by atoms with Crippen LogP contribution in [0.1, 0.15) is 23.2 Å². The number of hydrogen-bond donors (Lipinski definition) is 0. The second kappa shape index (κ2) is 5.47. The van der Waals surface area contributed by atoms with E-state index < -0.39 is 0 Å². The zero-order valence-electron chi connectivity index (χ0n) is 9.13. The Hall–Kier alpha value is -0.440. The first kappa shape index (κ1) is 13.0.